The Morgan fingerprint density at radius 2 is 2.22 bits per heavy atom. The Bertz CT molecular complexity index is 93.8. The van der Waals surface area contributed by atoms with Crippen molar-refractivity contribution in [1.82, 2.24) is 0 Å². The zero-order chi connectivity index (χ0) is 7.28. The minimum atomic E-state index is -0.777. The predicted octanol–water partition coefficient (Wildman–Crippen LogP) is 1.57. The van der Waals surface area contributed by atoms with E-state index in [1.165, 1.54) is 7.11 Å². The molecule has 0 amide bonds. The molecule has 0 N–H and O–H groups in total. The van der Waals surface area contributed by atoms with Gasteiger partial charge in [0.1, 0.15) is 11.4 Å². The fourth-order valence-corrected chi connectivity index (χ4v) is 0.316. The van der Waals surface area contributed by atoms with Crippen LogP contribution in [-0.4, -0.2) is 24.7 Å². The van der Waals surface area contributed by atoms with E-state index in [1.54, 1.807) is 0 Å². The van der Waals surface area contributed by atoms with E-state index < -0.39 is 11.0 Å². The van der Waals surface area contributed by atoms with Gasteiger partial charge in [-0.2, -0.15) is 0 Å². The third-order valence-corrected chi connectivity index (χ3v) is 0.746. The van der Waals surface area contributed by atoms with Crippen molar-refractivity contribution in [3.8, 4) is 0 Å². The number of hydrogen-bond acceptors (Lipinski definition) is 3. The van der Waals surface area contributed by atoms with Gasteiger partial charge in [-0.1, -0.05) is 0 Å². The first-order valence-electron chi connectivity index (χ1n) is 2.15. The van der Waals surface area contributed by atoms with Gasteiger partial charge in [0, 0.05) is 0 Å². The zero-order valence-corrected chi connectivity index (χ0v) is 6.28. The summed E-state index contributed by atoms with van der Waals surface area (Å²) in [5, 5.41) is 0. The summed E-state index contributed by atoms with van der Waals surface area (Å²) >= 11 is 10.4. The molecule has 54 valence electrons. The molecule has 0 aliphatic heterocycles. The maximum absolute atomic E-state index is 10.2. The van der Waals surface area contributed by atoms with Crippen molar-refractivity contribution in [2.24, 2.45) is 0 Å². The summed E-state index contributed by atoms with van der Waals surface area (Å²) < 4.78 is 8.45. The number of hydrogen-bond donors (Lipinski definition) is 0. The van der Waals surface area contributed by atoms with Crippen LogP contribution < -0.4 is 0 Å². The molecule has 3 nitrogen and oxygen atoms in total. The van der Waals surface area contributed by atoms with Gasteiger partial charge in [-0.15, -0.1) is 23.2 Å². The van der Waals surface area contributed by atoms with Crippen LogP contribution in [-0.2, 0) is 9.47 Å². The van der Waals surface area contributed by atoms with Gasteiger partial charge in [-0.25, -0.2) is 4.79 Å². The summed E-state index contributed by atoms with van der Waals surface area (Å²) in [5.74, 6) is 0. The van der Waals surface area contributed by atoms with E-state index in [4.69, 9.17) is 23.2 Å². The molecule has 0 unspecified atom stereocenters. The number of carbonyl (C=O) groups is 1. The average Bonchev–Trinajstić information content (AvgIpc) is 1.83. The number of rotatable bonds is 2. The van der Waals surface area contributed by atoms with E-state index in [0.717, 1.165) is 0 Å². The lowest BCUT2D eigenvalue weighted by Gasteiger charge is -2.01. The molecule has 0 saturated carbocycles. The van der Waals surface area contributed by atoms with Crippen LogP contribution in [0.4, 0.5) is 4.79 Å². The highest BCUT2D eigenvalue weighted by molar-refractivity contribution is 6.44. The van der Waals surface area contributed by atoms with E-state index in [0.29, 0.717) is 0 Å². The van der Waals surface area contributed by atoms with Crippen molar-refractivity contribution in [2.75, 3.05) is 13.7 Å². The van der Waals surface area contributed by atoms with Crippen LogP contribution in [0.25, 0.3) is 0 Å². The summed E-state index contributed by atoms with van der Waals surface area (Å²) in [5.41, 5.74) is 0. The predicted molar refractivity (Wildman–Crippen MR) is 33.9 cm³/mol. The van der Waals surface area contributed by atoms with Crippen LogP contribution in [0.1, 0.15) is 0 Å². The summed E-state index contributed by atoms with van der Waals surface area (Å²) in [6.07, 6.45) is -0.777. The Hall–Kier alpha value is -0.150. The van der Waals surface area contributed by atoms with Gasteiger partial charge >= 0.3 is 6.16 Å². The smallest absolute Gasteiger partial charge is 0.438 e. The lowest BCUT2D eigenvalue weighted by Crippen LogP contribution is -2.09. The molecule has 9 heavy (non-hydrogen) atoms. The van der Waals surface area contributed by atoms with Crippen LogP contribution in [0.5, 0.6) is 0 Å². The van der Waals surface area contributed by atoms with Gasteiger partial charge in [-0.05, 0) is 0 Å². The minimum Gasteiger partial charge on any atom is -0.438 e. The Morgan fingerprint density at radius 1 is 1.67 bits per heavy atom. The second kappa shape index (κ2) is 4.70. The van der Waals surface area contributed by atoms with Crippen LogP contribution in [0.3, 0.4) is 0 Å². The Morgan fingerprint density at radius 3 is 2.56 bits per heavy atom. The molecule has 0 saturated heterocycles. The fraction of sp³-hybridized carbons (Fsp3) is 0.750. The normalized spacial score (nSPS) is 9.33. The van der Waals surface area contributed by atoms with Gasteiger partial charge in [-0.3, -0.25) is 0 Å². The van der Waals surface area contributed by atoms with E-state index in [-0.39, 0.29) is 6.61 Å². The molecule has 0 heterocycles. The number of carbonyl (C=O) groups excluding carboxylic acids is 1. The molecule has 0 radical (unpaired) electrons. The first-order valence-corrected chi connectivity index (χ1v) is 3.03. The fourth-order valence-electron chi connectivity index (χ4n) is 0.190. The van der Waals surface area contributed by atoms with Crippen LogP contribution in [0.2, 0.25) is 0 Å². The summed E-state index contributed by atoms with van der Waals surface area (Å²) in [6, 6.07) is 0. The molecule has 0 aliphatic carbocycles. The summed E-state index contributed by atoms with van der Waals surface area (Å²) in [7, 11) is 1.21. The number of halogens is 2. The second-order valence-corrected chi connectivity index (χ2v) is 2.43. The maximum Gasteiger partial charge on any atom is 0.508 e. The first kappa shape index (κ1) is 8.85. The molecule has 0 aromatic heterocycles. The Labute approximate surface area is 62.8 Å². The topological polar surface area (TPSA) is 35.5 Å². The number of alkyl halides is 2. The second-order valence-electron chi connectivity index (χ2n) is 1.16. The highest BCUT2D eigenvalue weighted by Gasteiger charge is 2.03. The molecule has 0 aromatic rings. The molecule has 0 spiro atoms. The molecule has 0 aromatic carbocycles. The average molecular weight is 173 g/mol. The third kappa shape index (κ3) is 5.73. The standard InChI is InChI=1S/C4H6Cl2O3/c1-8-4(7)9-2-3(5)6/h3H,2H2,1H3. The lowest BCUT2D eigenvalue weighted by atomic mass is 10.8. The zero-order valence-electron chi connectivity index (χ0n) is 4.77. The number of ether oxygens (including phenoxy) is 2. The van der Waals surface area contributed by atoms with Gasteiger partial charge in [0.05, 0.1) is 7.11 Å². The van der Waals surface area contributed by atoms with Crippen LogP contribution >= 0.6 is 23.2 Å². The lowest BCUT2D eigenvalue weighted by molar-refractivity contribution is 0.0760. The van der Waals surface area contributed by atoms with Crippen LogP contribution in [0, 0.1) is 0 Å². The van der Waals surface area contributed by atoms with E-state index in [9.17, 15) is 4.79 Å². The quantitative estimate of drug-likeness (QED) is 0.469. The number of methoxy groups -OCH3 is 1. The van der Waals surface area contributed by atoms with Gasteiger partial charge in [0.2, 0.25) is 0 Å². The monoisotopic (exact) mass is 172 g/mol. The van der Waals surface area contributed by atoms with Gasteiger partial charge < -0.3 is 9.47 Å². The third-order valence-electron chi connectivity index (χ3n) is 0.494. The van der Waals surface area contributed by atoms with E-state index in [1.807, 2.05) is 0 Å². The maximum atomic E-state index is 10.2. The van der Waals surface area contributed by atoms with Crippen molar-refractivity contribution >= 4 is 29.4 Å². The molecular weight excluding hydrogens is 167 g/mol. The highest BCUT2D eigenvalue weighted by Crippen LogP contribution is 2.01. The molecule has 0 fully saturated rings. The van der Waals surface area contributed by atoms with E-state index >= 15 is 0 Å². The summed E-state index contributed by atoms with van der Waals surface area (Å²) in [4.78, 5) is 9.46. The highest BCUT2D eigenvalue weighted by atomic mass is 35.5. The van der Waals surface area contributed by atoms with Crippen molar-refractivity contribution < 1.29 is 14.3 Å². The molecule has 5 heteroatoms. The molecule has 0 atom stereocenters. The molecular formula is C4H6Cl2O3. The van der Waals surface area contributed by atoms with Crippen LogP contribution in [0.15, 0.2) is 0 Å². The SMILES string of the molecule is COC(=O)OCC(Cl)Cl. The largest absolute Gasteiger partial charge is 0.508 e. The van der Waals surface area contributed by atoms with Gasteiger partial charge in [0.25, 0.3) is 0 Å². The van der Waals surface area contributed by atoms with Crippen molar-refractivity contribution in [3.05, 3.63) is 0 Å². The molecule has 0 rings (SSSR count). The minimum absolute atomic E-state index is 0.0458. The van der Waals surface area contributed by atoms with Crippen molar-refractivity contribution in [3.63, 3.8) is 0 Å². The molecule has 0 aliphatic rings. The molecule has 0 bridgehead atoms. The first-order chi connectivity index (χ1) is 4.16. The van der Waals surface area contributed by atoms with Gasteiger partial charge in [0.15, 0.2) is 0 Å². The summed E-state index contributed by atoms with van der Waals surface area (Å²) in [6.45, 7) is -0.0458. The Balaban J connectivity index is 3.17. The van der Waals surface area contributed by atoms with E-state index in [2.05, 4.69) is 9.47 Å². The van der Waals surface area contributed by atoms with Crippen molar-refractivity contribution in [1.29, 1.82) is 0 Å². The Kier molecular flexibility index (Phi) is 4.62. The van der Waals surface area contributed by atoms with Crippen molar-refractivity contribution in [2.45, 2.75) is 4.84 Å².